The number of hydrogen-bond donors (Lipinski definition) is 1. The van der Waals surface area contributed by atoms with Crippen LogP contribution in [0.3, 0.4) is 0 Å². The summed E-state index contributed by atoms with van der Waals surface area (Å²) in [7, 11) is -2.17. The van der Waals surface area contributed by atoms with Crippen molar-refractivity contribution in [2.75, 3.05) is 4.72 Å². The molecule has 0 unspecified atom stereocenters. The van der Waals surface area contributed by atoms with E-state index in [0.717, 1.165) is 35.9 Å². The minimum atomic E-state index is -4.02. The van der Waals surface area contributed by atoms with Crippen LogP contribution in [0.4, 0.5) is 14.5 Å². The van der Waals surface area contributed by atoms with Crippen molar-refractivity contribution in [3.05, 3.63) is 91.1 Å². The Hall–Kier alpha value is -4.25. The van der Waals surface area contributed by atoms with Crippen LogP contribution in [0.25, 0.3) is 16.8 Å². The lowest BCUT2D eigenvalue weighted by molar-refractivity contribution is 0.445. The number of ether oxygens (including phenoxy) is 1. The number of halogens is 2. The highest BCUT2D eigenvalue weighted by atomic mass is 32.2. The Morgan fingerprint density at radius 1 is 0.971 bits per heavy atom. The fraction of sp³-hybridized carbons (Fsp3) is 0.0435. The SMILES string of the molecule is Cn1cnc(-c2cc(Oc3ccc(NS(=O)(=O)c4ccc(F)cc4)cc3F)c3ccnn3c2)c1. The Labute approximate surface area is 193 Å². The highest BCUT2D eigenvalue weighted by Crippen LogP contribution is 2.33. The van der Waals surface area contributed by atoms with E-state index < -0.39 is 21.7 Å². The molecule has 0 amide bonds. The number of benzene rings is 2. The van der Waals surface area contributed by atoms with Gasteiger partial charge in [0.1, 0.15) is 11.3 Å². The Balaban J connectivity index is 1.44. The van der Waals surface area contributed by atoms with Crippen molar-refractivity contribution < 1.29 is 21.9 Å². The molecule has 0 saturated carbocycles. The van der Waals surface area contributed by atoms with Gasteiger partial charge in [0.05, 0.1) is 28.8 Å². The van der Waals surface area contributed by atoms with Gasteiger partial charge >= 0.3 is 0 Å². The predicted octanol–water partition coefficient (Wildman–Crippen LogP) is 4.61. The van der Waals surface area contributed by atoms with Crippen LogP contribution >= 0.6 is 0 Å². The lowest BCUT2D eigenvalue weighted by Gasteiger charge is -2.12. The maximum Gasteiger partial charge on any atom is 0.261 e. The summed E-state index contributed by atoms with van der Waals surface area (Å²) in [5.41, 5.74) is 2.01. The number of nitrogens with zero attached hydrogens (tertiary/aromatic N) is 4. The zero-order valence-corrected chi connectivity index (χ0v) is 18.5. The normalized spacial score (nSPS) is 11.6. The van der Waals surface area contributed by atoms with Crippen LogP contribution in [-0.4, -0.2) is 27.6 Å². The fourth-order valence-electron chi connectivity index (χ4n) is 3.37. The van der Waals surface area contributed by atoms with Crippen molar-refractivity contribution in [3.8, 4) is 22.8 Å². The molecule has 11 heteroatoms. The van der Waals surface area contributed by atoms with Gasteiger partial charge in [-0.3, -0.25) is 4.72 Å². The lowest BCUT2D eigenvalue weighted by Crippen LogP contribution is -2.13. The van der Waals surface area contributed by atoms with Crippen molar-refractivity contribution in [2.45, 2.75) is 4.90 Å². The molecule has 1 N–H and O–H groups in total. The molecular weight excluding hydrogens is 464 g/mol. The van der Waals surface area contributed by atoms with Crippen LogP contribution in [0.5, 0.6) is 11.5 Å². The summed E-state index contributed by atoms with van der Waals surface area (Å²) in [5.74, 6) is -1.10. The van der Waals surface area contributed by atoms with Crippen LogP contribution in [0.1, 0.15) is 0 Å². The Kier molecular flexibility index (Phi) is 5.25. The number of rotatable bonds is 6. The largest absolute Gasteiger partial charge is 0.452 e. The monoisotopic (exact) mass is 481 g/mol. The number of fused-ring (bicyclic) bond motifs is 1. The fourth-order valence-corrected chi connectivity index (χ4v) is 4.42. The first kappa shape index (κ1) is 21.6. The molecule has 5 rings (SSSR count). The number of hydrogen-bond acceptors (Lipinski definition) is 5. The summed E-state index contributed by atoms with van der Waals surface area (Å²) < 4.78 is 64.4. The van der Waals surface area contributed by atoms with Gasteiger partial charge in [0.2, 0.25) is 0 Å². The third-order valence-electron chi connectivity index (χ3n) is 5.00. The molecule has 2 aromatic carbocycles. The molecule has 3 heterocycles. The first-order valence-electron chi connectivity index (χ1n) is 10.00. The molecule has 5 aromatic rings. The van der Waals surface area contributed by atoms with Crippen molar-refractivity contribution >= 4 is 21.2 Å². The molecule has 172 valence electrons. The van der Waals surface area contributed by atoms with Gasteiger partial charge in [-0.25, -0.2) is 26.7 Å². The first-order chi connectivity index (χ1) is 16.3. The number of pyridine rings is 1. The van der Waals surface area contributed by atoms with Gasteiger partial charge in [-0.1, -0.05) is 0 Å². The molecule has 0 radical (unpaired) electrons. The average Bonchev–Trinajstić information content (AvgIpc) is 3.44. The van der Waals surface area contributed by atoms with Crippen LogP contribution < -0.4 is 9.46 Å². The van der Waals surface area contributed by atoms with Crippen LogP contribution in [0, 0.1) is 11.6 Å². The Bertz CT molecular complexity index is 1610. The molecule has 0 aliphatic carbocycles. The van der Waals surface area contributed by atoms with E-state index in [2.05, 4.69) is 14.8 Å². The van der Waals surface area contributed by atoms with E-state index in [9.17, 15) is 17.2 Å². The van der Waals surface area contributed by atoms with E-state index in [1.165, 1.54) is 12.1 Å². The summed E-state index contributed by atoms with van der Waals surface area (Å²) in [6.45, 7) is 0. The smallest absolute Gasteiger partial charge is 0.261 e. The molecule has 8 nitrogen and oxygen atoms in total. The van der Waals surface area contributed by atoms with Gasteiger partial charge in [-0.05, 0) is 48.5 Å². The zero-order chi connectivity index (χ0) is 23.9. The molecule has 0 atom stereocenters. The van der Waals surface area contributed by atoms with Gasteiger partial charge in [0.15, 0.2) is 17.3 Å². The van der Waals surface area contributed by atoms with E-state index in [0.29, 0.717) is 17.0 Å². The summed E-state index contributed by atoms with van der Waals surface area (Å²) in [5, 5.41) is 4.23. The Morgan fingerprint density at radius 3 is 2.47 bits per heavy atom. The summed E-state index contributed by atoms with van der Waals surface area (Å²) in [6, 6.07) is 11.4. The van der Waals surface area contributed by atoms with Crippen molar-refractivity contribution in [1.29, 1.82) is 0 Å². The van der Waals surface area contributed by atoms with E-state index in [1.54, 1.807) is 39.9 Å². The van der Waals surface area contributed by atoms with Crippen molar-refractivity contribution in [3.63, 3.8) is 0 Å². The number of imidazole rings is 1. The molecule has 0 aliphatic heterocycles. The summed E-state index contributed by atoms with van der Waals surface area (Å²) in [6.07, 6.45) is 6.87. The van der Waals surface area contributed by atoms with Crippen molar-refractivity contribution in [2.24, 2.45) is 7.05 Å². The molecule has 0 aliphatic rings. The van der Waals surface area contributed by atoms with Crippen LogP contribution in [0.2, 0.25) is 0 Å². The summed E-state index contributed by atoms with van der Waals surface area (Å²) in [4.78, 5) is 4.18. The van der Waals surface area contributed by atoms with E-state index in [-0.39, 0.29) is 16.3 Å². The van der Waals surface area contributed by atoms with E-state index in [4.69, 9.17) is 4.74 Å². The lowest BCUT2D eigenvalue weighted by atomic mass is 10.2. The highest BCUT2D eigenvalue weighted by molar-refractivity contribution is 7.92. The molecule has 0 bridgehead atoms. The topological polar surface area (TPSA) is 90.5 Å². The zero-order valence-electron chi connectivity index (χ0n) is 17.7. The van der Waals surface area contributed by atoms with Gasteiger partial charge in [0, 0.05) is 31.1 Å². The second-order valence-corrected chi connectivity index (χ2v) is 9.17. The van der Waals surface area contributed by atoms with E-state index >= 15 is 0 Å². The molecule has 3 aromatic heterocycles. The molecule has 34 heavy (non-hydrogen) atoms. The van der Waals surface area contributed by atoms with Crippen molar-refractivity contribution in [1.82, 2.24) is 19.2 Å². The second kappa shape index (κ2) is 8.27. The molecular formula is C23H17F2N5O3S. The first-order valence-corrected chi connectivity index (χ1v) is 11.5. The summed E-state index contributed by atoms with van der Waals surface area (Å²) >= 11 is 0. The third kappa shape index (κ3) is 4.20. The van der Waals surface area contributed by atoms with Crippen LogP contribution in [-0.2, 0) is 17.1 Å². The predicted molar refractivity (Wildman–Crippen MR) is 121 cm³/mol. The maximum absolute atomic E-state index is 14.9. The van der Waals surface area contributed by atoms with E-state index in [1.807, 2.05) is 13.2 Å². The Morgan fingerprint density at radius 2 is 1.76 bits per heavy atom. The third-order valence-corrected chi connectivity index (χ3v) is 6.40. The molecule has 0 spiro atoms. The van der Waals surface area contributed by atoms with Gasteiger partial charge in [-0.2, -0.15) is 5.10 Å². The average molecular weight is 481 g/mol. The van der Waals surface area contributed by atoms with Gasteiger partial charge in [0.25, 0.3) is 10.0 Å². The minimum absolute atomic E-state index is 0.00842. The molecule has 0 saturated heterocycles. The number of sulfonamides is 1. The highest BCUT2D eigenvalue weighted by Gasteiger charge is 2.17. The van der Waals surface area contributed by atoms with Gasteiger partial charge in [-0.15, -0.1) is 0 Å². The number of anilines is 1. The number of aryl methyl sites for hydroxylation is 1. The molecule has 0 fully saturated rings. The number of nitrogens with one attached hydrogen (secondary N) is 1. The minimum Gasteiger partial charge on any atom is -0.452 e. The maximum atomic E-state index is 14.9. The quantitative estimate of drug-likeness (QED) is 0.383. The van der Waals surface area contributed by atoms with Crippen LogP contribution in [0.15, 0.2) is 84.4 Å². The number of aromatic nitrogens is 4. The second-order valence-electron chi connectivity index (χ2n) is 7.49. The standard InChI is InChI=1S/C23H17F2N5O3S/c1-29-13-20(26-14-29)15-10-23(21-8-9-27-30(21)12-15)33-22-7-4-17(11-19(22)25)28-34(31,32)18-5-2-16(24)3-6-18/h2-14,28H,1H3. The van der Waals surface area contributed by atoms with Gasteiger partial charge < -0.3 is 9.30 Å².